The van der Waals surface area contributed by atoms with E-state index in [9.17, 15) is 19.5 Å². The summed E-state index contributed by atoms with van der Waals surface area (Å²) in [4.78, 5) is 36.2. The van der Waals surface area contributed by atoms with Crippen molar-refractivity contribution in [3.63, 3.8) is 0 Å². The standard InChI is InChI=1S/C13H14I3N3O4/c1-4(20)11(21)19-10-8(15)5(12(22)17-2)7(14)6(9(10)16)13(23)18-3/h4,20H,1-3H3,(H,17,22)(H,18,23)(H,19,21)/t4-/m0/s1. The van der Waals surface area contributed by atoms with Gasteiger partial charge >= 0.3 is 0 Å². The molecule has 1 aromatic rings. The lowest BCUT2D eigenvalue weighted by Crippen LogP contribution is -2.30. The quantitative estimate of drug-likeness (QED) is 0.369. The topological polar surface area (TPSA) is 108 Å². The molecule has 0 fully saturated rings. The van der Waals surface area contributed by atoms with Crippen molar-refractivity contribution in [3.8, 4) is 0 Å². The maximum Gasteiger partial charge on any atom is 0.253 e. The van der Waals surface area contributed by atoms with Crippen LogP contribution < -0.4 is 16.0 Å². The van der Waals surface area contributed by atoms with E-state index >= 15 is 0 Å². The number of benzene rings is 1. The molecule has 0 aromatic heterocycles. The number of nitrogens with one attached hydrogen (secondary N) is 3. The summed E-state index contributed by atoms with van der Waals surface area (Å²) in [6.07, 6.45) is -1.22. The Kier molecular flexibility index (Phi) is 7.92. The first-order chi connectivity index (χ1) is 10.7. The van der Waals surface area contributed by atoms with Gasteiger partial charge in [0.25, 0.3) is 17.7 Å². The largest absolute Gasteiger partial charge is 0.384 e. The third-order valence-electron chi connectivity index (χ3n) is 2.85. The molecule has 0 unspecified atom stereocenters. The fourth-order valence-electron chi connectivity index (χ4n) is 1.65. The summed E-state index contributed by atoms with van der Waals surface area (Å²) in [7, 11) is 2.97. The predicted molar refractivity (Wildman–Crippen MR) is 112 cm³/mol. The van der Waals surface area contributed by atoms with Crippen LogP contribution in [-0.4, -0.2) is 43.0 Å². The second-order valence-corrected chi connectivity index (χ2v) is 7.63. The number of aliphatic hydroxyl groups excluding tert-OH is 1. The Morgan fingerprint density at radius 3 is 1.61 bits per heavy atom. The zero-order valence-corrected chi connectivity index (χ0v) is 18.9. The molecule has 0 aliphatic heterocycles. The van der Waals surface area contributed by atoms with Crippen LogP contribution in [0.2, 0.25) is 0 Å². The zero-order chi connectivity index (χ0) is 17.9. The van der Waals surface area contributed by atoms with Crippen LogP contribution >= 0.6 is 67.8 Å². The fraction of sp³-hybridized carbons (Fsp3) is 0.308. The summed E-state index contributed by atoms with van der Waals surface area (Å²) in [5.74, 6) is -1.35. The van der Waals surface area contributed by atoms with E-state index < -0.39 is 12.0 Å². The van der Waals surface area contributed by atoms with Gasteiger partial charge in [0.1, 0.15) is 6.10 Å². The van der Waals surface area contributed by atoms with Crippen LogP contribution in [0.3, 0.4) is 0 Å². The summed E-state index contributed by atoms with van der Waals surface area (Å²) in [6.45, 7) is 1.33. The van der Waals surface area contributed by atoms with Gasteiger partial charge in [-0.05, 0) is 74.7 Å². The molecule has 10 heteroatoms. The number of rotatable bonds is 4. The molecule has 0 saturated carbocycles. The molecule has 0 spiro atoms. The van der Waals surface area contributed by atoms with Gasteiger partial charge in [0, 0.05) is 17.7 Å². The lowest BCUT2D eigenvalue weighted by Gasteiger charge is -2.19. The number of carbonyl (C=O) groups excluding carboxylic acids is 3. The minimum atomic E-state index is -1.22. The smallest absolute Gasteiger partial charge is 0.253 e. The summed E-state index contributed by atoms with van der Waals surface area (Å²) < 4.78 is 1.49. The molecule has 7 nitrogen and oxygen atoms in total. The van der Waals surface area contributed by atoms with E-state index in [-0.39, 0.29) is 11.8 Å². The summed E-state index contributed by atoms with van der Waals surface area (Å²) in [5, 5.41) is 17.0. The molecular weight excluding hydrogens is 643 g/mol. The second-order valence-electron chi connectivity index (χ2n) is 4.39. The molecule has 23 heavy (non-hydrogen) atoms. The van der Waals surface area contributed by atoms with E-state index in [1.807, 2.05) is 67.8 Å². The molecule has 0 aliphatic carbocycles. The normalized spacial score (nSPS) is 11.6. The summed E-state index contributed by atoms with van der Waals surface area (Å²) in [5.41, 5.74) is 0.928. The molecule has 3 amide bonds. The molecule has 4 N–H and O–H groups in total. The Hall–Kier alpha value is -0.220. The zero-order valence-electron chi connectivity index (χ0n) is 12.4. The predicted octanol–water partition coefficient (Wildman–Crippen LogP) is 1.54. The SMILES string of the molecule is CNC(=O)c1c(I)c(NC(=O)[C@H](C)O)c(I)c(C(=O)NC)c1I. The van der Waals surface area contributed by atoms with Crippen LogP contribution in [-0.2, 0) is 4.79 Å². The number of halogens is 3. The van der Waals surface area contributed by atoms with Gasteiger partial charge in [-0.15, -0.1) is 0 Å². The van der Waals surface area contributed by atoms with Crippen LogP contribution in [0.15, 0.2) is 0 Å². The van der Waals surface area contributed by atoms with Crippen molar-refractivity contribution in [3.05, 3.63) is 21.8 Å². The average Bonchev–Trinajstić information content (AvgIpc) is 2.50. The highest BCUT2D eigenvalue weighted by atomic mass is 127. The van der Waals surface area contributed by atoms with Crippen molar-refractivity contribution in [1.29, 1.82) is 0 Å². The van der Waals surface area contributed by atoms with Crippen LogP contribution in [0.4, 0.5) is 5.69 Å². The minimum Gasteiger partial charge on any atom is -0.384 e. The van der Waals surface area contributed by atoms with Crippen LogP contribution in [0.25, 0.3) is 0 Å². The van der Waals surface area contributed by atoms with Gasteiger partial charge in [-0.2, -0.15) is 0 Å². The first-order valence-corrected chi connectivity index (χ1v) is 9.54. The number of anilines is 1. The highest BCUT2D eigenvalue weighted by Crippen LogP contribution is 2.35. The van der Waals surface area contributed by atoms with Gasteiger partial charge in [-0.3, -0.25) is 14.4 Å². The Morgan fingerprint density at radius 1 is 0.913 bits per heavy atom. The van der Waals surface area contributed by atoms with Crippen molar-refractivity contribution in [2.45, 2.75) is 13.0 Å². The molecule has 1 rings (SSSR count). The Bertz CT molecular complexity index is 634. The molecule has 1 aromatic carbocycles. The van der Waals surface area contributed by atoms with E-state index in [1.165, 1.54) is 21.0 Å². The highest BCUT2D eigenvalue weighted by molar-refractivity contribution is 14.1. The maximum absolute atomic E-state index is 12.2. The maximum atomic E-state index is 12.2. The summed E-state index contributed by atoms with van der Waals surface area (Å²) >= 11 is 5.82. The Morgan fingerprint density at radius 2 is 1.30 bits per heavy atom. The number of carbonyl (C=O) groups is 3. The summed E-state index contributed by atoms with van der Waals surface area (Å²) in [6, 6.07) is 0. The van der Waals surface area contributed by atoms with Crippen LogP contribution in [0.1, 0.15) is 27.6 Å². The second kappa shape index (κ2) is 8.75. The lowest BCUT2D eigenvalue weighted by atomic mass is 10.1. The van der Waals surface area contributed by atoms with Crippen LogP contribution in [0, 0.1) is 10.7 Å². The molecular formula is C13H14I3N3O4. The van der Waals surface area contributed by atoms with E-state index in [2.05, 4.69) is 16.0 Å². The van der Waals surface area contributed by atoms with E-state index in [4.69, 9.17) is 0 Å². The van der Waals surface area contributed by atoms with Gasteiger partial charge in [0.05, 0.1) is 24.0 Å². The van der Waals surface area contributed by atoms with E-state index in [0.717, 1.165) is 0 Å². The Balaban J connectivity index is 3.71. The first kappa shape index (κ1) is 20.8. The van der Waals surface area contributed by atoms with Gasteiger partial charge in [0.2, 0.25) is 0 Å². The third-order valence-corrected chi connectivity index (χ3v) is 6.09. The van der Waals surface area contributed by atoms with Gasteiger partial charge in [-0.25, -0.2) is 0 Å². The lowest BCUT2D eigenvalue weighted by molar-refractivity contribution is -0.123. The number of hydrogen-bond donors (Lipinski definition) is 4. The first-order valence-electron chi connectivity index (χ1n) is 6.30. The highest BCUT2D eigenvalue weighted by Gasteiger charge is 2.28. The molecule has 0 saturated heterocycles. The number of aliphatic hydroxyl groups is 1. The van der Waals surface area contributed by atoms with Crippen molar-refractivity contribution < 1.29 is 19.5 Å². The molecule has 1 atom stereocenters. The number of amides is 3. The van der Waals surface area contributed by atoms with Gasteiger partial charge < -0.3 is 21.1 Å². The minimum absolute atomic E-state index is 0.300. The van der Waals surface area contributed by atoms with Gasteiger partial charge in [0.15, 0.2) is 0 Å². The number of hydrogen-bond acceptors (Lipinski definition) is 4. The van der Waals surface area contributed by atoms with Crippen molar-refractivity contribution >= 4 is 91.2 Å². The Labute approximate surface area is 174 Å². The fourth-order valence-corrected chi connectivity index (χ4v) is 6.07. The van der Waals surface area contributed by atoms with Crippen molar-refractivity contribution in [2.24, 2.45) is 0 Å². The van der Waals surface area contributed by atoms with E-state index in [1.54, 1.807) is 0 Å². The molecule has 0 radical (unpaired) electrons. The third kappa shape index (κ3) is 4.45. The molecule has 126 valence electrons. The van der Waals surface area contributed by atoms with Gasteiger partial charge in [-0.1, -0.05) is 0 Å². The molecule has 0 heterocycles. The molecule has 0 bridgehead atoms. The van der Waals surface area contributed by atoms with Crippen molar-refractivity contribution in [2.75, 3.05) is 19.4 Å². The average molecular weight is 657 g/mol. The monoisotopic (exact) mass is 657 g/mol. The van der Waals surface area contributed by atoms with Crippen LogP contribution in [0.5, 0.6) is 0 Å². The van der Waals surface area contributed by atoms with Crippen molar-refractivity contribution in [1.82, 2.24) is 10.6 Å². The molecule has 0 aliphatic rings. The van der Waals surface area contributed by atoms with E-state index in [0.29, 0.717) is 27.5 Å².